The lowest BCUT2D eigenvalue weighted by Crippen LogP contribution is -2.17. The number of anilines is 2. The molecule has 4 aromatic rings. The number of rotatable bonds is 6. The molecule has 4 rings (SSSR count). The number of hydrogen-bond donors (Lipinski definition) is 3. The zero-order valence-electron chi connectivity index (χ0n) is 15.2. The molecular formula is C20H19ClN6O. The molecule has 0 unspecified atom stereocenters. The first kappa shape index (κ1) is 18.1. The maximum Gasteiger partial charge on any atom is 0.274 e. The largest absolute Gasteiger partial charge is 0.379 e. The van der Waals surface area contributed by atoms with Crippen LogP contribution in [0.5, 0.6) is 0 Å². The van der Waals surface area contributed by atoms with Gasteiger partial charge in [-0.05, 0) is 36.2 Å². The Morgan fingerprint density at radius 2 is 1.89 bits per heavy atom. The highest BCUT2D eigenvalue weighted by atomic mass is 35.5. The highest BCUT2D eigenvalue weighted by molar-refractivity contribution is 6.31. The van der Waals surface area contributed by atoms with Crippen LogP contribution in [0.2, 0.25) is 5.02 Å². The van der Waals surface area contributed by atoms with Gasteiger partial charge < -0.3 is 10.6 Å². The van der Waals surface area contributed by atoms with Gasteiger partial charge >= 0.3 is 0 Å². The van der Waals surface area contributed by atoms with Gasteiger partial charge in [-0.2, -0.15) is 9.50 Å². The third kappa shape index (κ3) is 3.99. The van der Waals surface area contributed by atoms with Crippen molar-refractivity contribution in [2.24, 2.45) is 0 Å². The Labute approximate surface area is 166 Å². The molecule has 0 atom stereocenters. The molecule has 0 spiro atoms. The molecule has 142 valence electrons. The summed E-state index contributed by atoms with van der Waals surface area (Å²) in [4.78, 5) is 21.2. The molecule has 0 saturated heterocycles. The van der Waals surface area contributed by atoms with E-state index in [4.69, 9.17) is 11.6 Å². The Bertz CT molecular complexity index is 1180. The summed E-state index contributed by atoms with van der Waals surface area (Å²) < 4.78 is 1.31. The zero-order chi connectivity index (χ0) is 19.5. The van der Waals surface area contributed by atoms with Crippen molar-refractivity contribution >= 4 is 29.0 Å². The van der Waals surface area contributed by atoms with Crippen molar-refractivity contribution in [2.45, 2.75) is 20.0 Å². The number of benzene rings is 2. The molecule has 8 heteroatoms. The summed E-state index contributed by atoms with van der Waals surface area (Å²) in [7, 11) is 0. The molecule has 0 radical (unpaired) electrons. The summed E-state index contributed by atoms with van der Waals surface area (Å²) in [5.74, 6) is 0.767. The lowest BCUT2D eigenvalue weighted by atomic mass is 10.2. The van der Waals surface area contributed by atoms with Crippen LogP contribution in [0.15, 0.2) is 59.4 Å². The second-order valence-electron chi connectivity index (χ2n) is 6.46. The highest BCUT2D eigenvalue weighted by Crippen LogP contribution is 2.16. The molecule has 7 nitrogen and oxygen atoms in total. The average Bonchev–Trinajstić information content (AvgIpc) is 3.09. The van der Waals surface area contributed by atoms with Crippen LogP contribution in [0, 0.1) is 6.92 Å². The quantitative estimate of drug-likeness (QED) is 0.465. The van der Waals surface area contributed by atoms with Gasteiger partial charge in [-0.25, -0.2) is 4.98 Å². The SMILES string of the molecule is Cc1cccc(NCc2cc(=O)n3[nH]c(NCc4ccccc4Cl)nc3n2)c1. The Morgan fingerprint density at radius 1 is 1.04 bits per heavy atom. The van der Waals surface area contributed by atoms with Crippen molar-refractivity contribution in [2.75, 3.05) is 10.6 Å². The summed E-state index contributed by atoms with van der Waals surface area (Å²) in [6.45, 7) is 2.95. The summed E-state index contributed by atoms with van der Waals surface area (Å²) in [5.41, 5.74) is 3.48. The van der Waals surface area contributed by atoms with Crippen molar-refractivity contribution in [3.8, 4) is 0 Å². The van der Waals surface area contributed by atoms with Crippen LogP contribution in [0.3, 0.4) is 0 Å². The third-order valence-corrected chi connectivity index (χ3v) is 4.65. The number of aromatic nitrogens is 4. The molecule has 0 aliphatic carbocycles. The second kappa shape index (κ2) is 7.74. The van der Waals surface area contributed by atoms with E-state index in [1.807, 2.05) is 55.5 Å². The Hall–Kier alpha value is -3.32. The van der Waals surface area contributed by atoms with Gasteiger partial charge in [0.15, 0.2) is 0 Å². The van der Waals surface area contributed by atoms with E-state index in [1.165, 1.54) is 10.6 Å². The van der Waals surface area contributed by atoms with E-state index in [-0.39, 0.29) is 5.56 Å². The minimum absolute atomic E-state index is 0.218. The molecule has 2 heterocycles. The fourth-order valence-corrected chi connectivity index (χ4v) is 3.07. The van der Waals surface area contributed by atoms with Crippen LogP contribution in [0.25, 0.3) is 5.78 Å². The van der Waals surface area contributed by atoms with Gasteiger partial charge in [0.2, 0.25) is 5.95 Å². The Kier molecular flexibility index (Phi) is 4.99. The van der Waals surface area contributed by atoms with Crippen LogP contribution >= 0.6 is 11.6 Å². The summed E-state index contributed by atoms with van der Waals surface area (Å²) in [5, 5.41) is 10.0. The van der Waals surface area contributed by atoms with Gasteiger partial charge in [0.05, 0.1) is 12.2 Å². The van der Waals surface area contributed by atoms with Gasteiger partial charge in [0.1, 0.15) is 0 Å². The topological polar surface area (TPSA) is 87.1 Å². The molecule has 0 aliphatic heterocycles. The number of nitrogens with one attached hydrogen (secondary N) is 3. The molecule has 0 aliphatic rings. The normalized spacial score (nSPS) is 10.9. The minimum Gasteiger partial charge on any atom is -0.379 e. The fourth-order valence-electron chi connectivity index (χ4n) is 2.87. The van der Waals surface area contributed by atoms with Crippen LogP contribution < -0.4 is 16.2 Å². The third-order valence-electron chi connectivity index (χ3n) is 4.28. The van der Waals surface area contributed by atoms with Gasteiger partial charge in [0, 0.05) is 23.3 Å². The lowest BCUT2D eigenvalue weighted by Gasteiger charge is -2.06. The summed E-state index contributed by atoms with van der Waals surface area (Å²) >= 11 is 6.17. The Balaban J connectivity index is 1.50. The lowest BCUT2D eigenvalue weighted by molar-refractivity contribution is 0.874. The average molecular weight is 395 g/mol. The smallest absolute Gasteiger partial charge is 0.274 e. The molecule has 2 aromatic carbocycles. The van der Waals surface area contributed by atoms with E-state index in [9.17, 15) is 4.79 Å². The number of H-pyrrole nitrogens is 1. The molecule has 2 aromatic heterocycles. The minimum atomic E-state index is -0.218. The maximum absolute atomic E-state index is 12.4. The van der Waals surface area contributed by atoms with Gasteiger partial charge in [-0.3, -0.25) is 9.89 Å². The highest BCUT2D eigenvalue weighted by Gasteiger charge is 2.09. The van der Waals surface area contributed by atoms with Crippen molar-refractivity contribution in [1.29, 1.82) is 0 Å². The predicted octanol–water partition coefficient (Wildman–Crippen LogP) is 3.60. The van der Waals surface area contributed by atoms with Gasteiger partial charge in [-0.1, -0.05) is 41.9 Å². The molecule has 0 saturated carbocycles. The van der Waals surface area contributed by atoms with Crippen LogP contribution in [-0.2, 0) is 13.1 Å². The number of halogens is 1. The predicted molar refractivity (Wildman–Crippen MR) is 111 cm³/mol. The van der Waals surface area contributed by atoms with E-state index in [0.717, 1.165) is 16.8 Å². The van der Waals surface area contributed by atoms with Crippen LogP contribution in [0.4, 0.5) is 11.6 Å². The first-order valence-electron chi connectivity index (χ1n) is 8.85. The maximum atomic E-state index is 12.4. The number of fused-ring (bicyclic) bond motifs is 1. The number of aromatic amines is 1. The van der Waals surface area contributed by atoms with E-state index in [1.54, 1.807) is 0 Å². The molecular weight excluding hydrogens is 376 g/mol. The zero-order valence-corrected chi connectivity index (χ0v) is 16.0. The molecule has 3 N–H and O–H groups in total. The van der Waals surface area contributed by atoms with E-state index in [2.05, 4.69) is 25.7 Å². The number of hydrogen-bond acceptors (Lipinski definition) is 5. The van der Waals surface area contributed by atoms with E-state index in [0.29, 0.717) is 35.5 Å². The van der Waals surface area contributed by atoms with E-state index >= 15 is 0 Å². The second-order valence-corrected chi connectivity index (χ2v) is 6.87. The molecule has 28 heavy (non-hydrogen) atoms. The number of nitrogens with zero attached hydrogens (tertiary/aromatic N) is 3. The first-order valence-corrected chi connectivity index (χ1v) is 9.23. The van der Waals surface area contributed by atoms with Crippen LogP contribution in [-0.4, -0.2) is 19.6 Å². The van der Waals surface area contributed by atoms with Crippen molar-refractivity contribution in [3.63, 3.8) is 0 Å². The van der Waals surface area contributed by atoms with Gasteiger partial charge in [-0.15, -0.1) is 0 Å². The monoisotopic (exact) mass is 394 g/mol. The number of aryl methyl sites for hydroxylation is 1. The molecule has 0 amide bonds. The summed E-state index contributed by atoms with van der Waals surface area (Å²) in [6, 6.07) is 17.1. The molecule has 0 bridgehead atoms. The molecule has 0 fully saturated rings. The fraction of sp³-hybridized carbons (Fsp3) is 0.150. The van der Waals surface area contributed by atoms with Gasteiger partial charge in [0.25, 0.3) is 11.3 Å². The summed E-state index contributed by atoms with van der Waals surface area (Å²) in [6.07, 6.45) is 0. The van der Waals surface area contributed by atoms with Crippen molar-refractivity contribution < 1.29 is 0 Å². The first-order chi connectivity index (χ1) is 13.6. The van der Waals surface area contributed by atoms with Crippen molar-refractivity contribution in [1.82, 2.24) is 19.6 Å². The van der Waals surface area contributed by atoms with Crippen LogP contribution in [0.1, 0.15) is 16.8 Å². The van der Waals surface area contributed by atoms with Crippen molar-refractivity contribution in [3.05, 3.63) is 86.8 Å². The van der Waals surface area contributed by atoms with E-state index < -0.39 is 0 Å². The standard InChI is InChI=1S/C20H19ClN6O/c1-13-5-4-7-15(9-13)22-12-16-10-18(28)27-20(24-16)25-19(26-27)23-11-14-6-2-3-8-17(14)21/h2-10,22H,11-12H2,1H3,(H2,23,24,25,26). The Morgan fingerprint density at radius 3 is 2.71 bits per heavy atom.